The Morgan fingerprint density at radius 1 is 1.26 bits per heavy atom. The molecule has 2 N–H and O–H groups in total. The quantitative estimate of drug-likeness (QED) is 0.703. The van der Waals surface area contributed by atoms with Crippen molar-refractivity contribution >= 4 is 21.4 Å². The molecule has 0 aliphatic rings. The first-order valence-electron chi connectivity index (χ1n) is 5.73. The summed E-state index contributed by atoms with van der Waals surface area (Å²) in [5.41, 5.74) is 0.663. The maximum Gasteiger partial charge on any atom is 0.238 e. The molecule has 1 amide bonds. The summed E-state index contributed by atoms with van der Waals surface area (Å²) < 4.78 is 26.8. The minimum absolute atomic E-state index is 0.0167. The van der Waals surface area contributed by atoms with Crippen molar-refractivity contribution in [1.82, 2.24) is 5.32 Å². The van der Waals surface area contributed by atoms with Crippen molar-refractivity contribution < 1.29 is 17.9 Å². The van der Waals surface area contributed by atoms with Crippen molar-refractivity contribution in [2.45, 2.75) is 0 Å². The first kappa shape index (κ1) is 15.5. The number of hydrogen-bond acceptors (Lipinski definition) is 5. The first-order valence-corrected chi connectivity index (χ1v) is 7.79. The predicted molar refractivity (Wildman–Crippen MR) is 74.2 cm³/mol. The van der Waals surface area contributed by atoms with E-state index in [2.05, 4.69) is 10.6 Å². The fourth-order valence-corrected chi connectivity index (χ4v) is 1.85. The van der Waals surface area contributed by atoms with Gasteiger partial charge in [-0.1, -0.05) is 0 Å². The van der Waals surface area contributed by atoms with Crippen LogP contribution in [0.4, 0.5) is 5.69 Å². The number of amides is 1. The monoisotopic (exact) mass is 286 g/mol. The predicted octanol–water partition coefficient (Wildman–Crippen LogP) is 0.268. The van der Waals surface area contributed by atoms with E-state index in [9.17, 15) is 13.2 Å². The van der Waals surface area contributed by atoms with Gasteiger partial charge in [0.1, 0.15) is 15.6 Å². The summed E-state index contributed by atoms with van der Waals surface area (Å²) in [7, 11) is -1.43. The Balaban J connectivity index is 2.30. The molecular weight excluding hydrogens is 268 g/mol. The van der Waals surface area contributed by atoms with Gasteiger partial charge in [0.2, 0.25) is 5.91 Å². The highest BCUT2D eigenvalue weighted by Gasteiger charge is 2.04. The molecule has 1 rings (SSSR count). The summed E-state index contributed by atoms with van der Waals surface area (Å²) >= 11 is 0. The maximum atomic E-state index is 11.5. The van der Waals surface area contributed by atoms with Crippen LogP contribution in [0.25, 0.3) is 0 Å². The van der Waals surface area contributed by atoms with Gasteiger partial charge in [0, 0.05) is 18.5 Å². The fourth-order valence-electron chi connectivity index (χ4n) is 1.34. The molecule has 0 spiro atoms. The highest BCUT2D eigenvalue weighted by atomic mass is 32.2. The Hall–Kier alpha value is -1.60. The average molecular weight is 286 g/mol. The largest absolute Gasteiger partial charge is 0.497 e. The Kier molecular flexibility index (Phi) is 5.78. The van der Waals surface area contributed by atoms with E-state index in [1.54, 1.807) is 31.4 Å². The van der Waals surface area contributed by atoms with Crippen LogP contribution in [-0.2, 0) is 14.6 Å². The van der Waals surface area contributed by atoms with Crippen LogP contribution >= 0.6 is 0 Å². The van der Waals surface area contributed by atoms with E-state index >= 15 is 0 Å². The molecule has 0 aliphatic heterocycles. The molecule has 0 heterocycles. The topological polar surface area (TPSA) is 84.5 Å². The van der Waals surface area contributed by atoms with E-state index < -0.39 is 9.84 Å². The van der Waals surface area contributed by atoms with Gasteiger partial charge in [0.25, 0.3) is 0 Å². The first-order chi connectivity index (χ1) is 8.90. The van der Waals surface area contributed by atoms with Crippen molar-refractivity contribution in [2.75, 3.05) is 37.5 Å². The number of sulfone groups is 1. The molecule has 0 atom stereocenters. The molecule has 1 aromatic carbocycles. The Morgan fingerprint density at radius 3 is 2.42 bits per heavy atom. The van der Waals surface area contributed by atoms with Crippen molar-refractivity contribution in [3.05, 3.63) is 24.3 Å². The maximum absolute atomic E-state index is 11.5. The molecule has 0 radical (unpaired) electrons. The number of methoxy groups -OCH3 is 1. The molecule has 0 saturated heterocycles. The Bertz CT molecular complexity index is 511. The summed E-state index contributed by atoms with van der Waals surface area (Å²) in [6, 6.07) is 6.94. The molecule has 0 fully saturated rings. The molecule has 0 saturated carbocycles. The van der Waals surface area contributed by atoms with Gasteiger partial charge in [-0.05, 0) is 24.3 Å². The molecule has 1 aromatic rings. The lowest BCUT2D eigenvalue weighted by Gasteiger charge is -2.07. The number of rotatable bonds is 7. The molecule has 6 nitrogen and oxygen atoms in total. The van der Waals surface area contributed by atoms with Gasteiger partial charge in [-0.25, -0.2) is 8.42 Å². The van der Waals surface area contributed by atoms with Gasteiger partial charge in [-0.15, -0.1) is 0 Å². The van der Waals surface area contributed by atoms with Crippen LogP contribution in [0.2, 0.25) is 0 Å². The number of anilines is 1. The summed E-state index contributed by atoms with van der Waals surface area (Å²) in [6.45, 7) is 0.330. The number of benzene rings is 1. The summed E-state index contributed by atoms with van der Waals surface area (Å²) in [6.07, 6.45) is 1.16. The SMILES string of the molecule is COc1ccc(NC(=O)CNCCS(C)(=O)=O)cc1. The summed E-state index contributed by atoms with van der Waals surface area (Å²) in [5.74, 6) is 0.506. The van der Waals surface area contributed by atoms with Crippen LogP contribution in [0.5, 0.6) is 5.75 Å². The lowest BCUT2D eigenvalue weighted by molar-refractivity contribution is -0.115. The van der Waals surface area contributed by atoms with Crippen molar-refractivity contribution in [1.29, 1.82) is 0 Å². The number of ether oxygens (including phenoxy) is 1. The molecule has 0 unspecified atom stereocenters. The van der Waals surface area contributed by atoms with Gasteiger partial charge >= 0.3 is 0 Å². The van der Waals surface area contributed by atoms with Crippen LogP contribution in [0.15, 0.2) is 24.3 Å². The molecule has 0 bridgehead atoms. The second-order valence-electron chi connectivity index (χ2n) is 4.08. The van der Waals surface area contributed by atoms with Crippen LogP contribution in [0.1, 0.15) is 0 Å². The zero-order valence-electron chi connectivity index (χ0n) is 11.0. The van der Waals surface area contributed by atoms with Crippen LogP contribution in [0.3, 0.4) is 0 Å². The highest BCUT2D eigenvalue weighted by Crippen LogP contribution is 2.14. The van der Waals surface area contributed by atoms with E-state index in [-0.39, 0.29) is 24.7 Å². The number of carbonyl (C=O) groups is 1. The minimum Gasteiger partial charge on any atom is -0.497 e. The van der Waals surface area contributed by atoms with Gasteiger partial charge in [-0.2, -0.15) is 0 Å². The van der Waals surface area contributed by atoms with E-state index in [0.717, 1.165) is 6.26 Å². The van der Waals surface area contributed by atoms with Gasteiger partial charge < -0.3 is 15.4 Å². The Labute approximate surface area is 113 Å². The van der Waals surface area contributed by atoms with Gasteiger partial charge in [0.15, 0.2) is 0 Å². The normalized spacial score (nSPS) is 11.1. The summed E-state index contributed by atoms with van der Waals surface area (Å²) in [4.78, 5) is 11.5. The summed E-state index contributed by atoms with van der Waals surface area (Å²) in [5, 5.41) is 5.45. The van der Waals surface area contributed by atoms with Crippen molar-refractivity contribution in [3.63, 3.8) is 0 Å². The van der Waals surface area contributed by atoms with E-state index in [1.807, 2.05) is 0 Å². The molecule has 19 heavy (non-hydrogen) atoms. The van der Waals surface area contributed by atoms with Crippen LogP contribution in [-0.4, -0.2) is 46.5 Å². The van der Waals surface area contributed by atoms with Crippen LogP contribution in [0, 0.1) is 0 Å². The number of hydrogen-bond donors (Lipinski definition) is 2. The van der Waals surface area contributed by atoms with Gasteiger partial charge in [0.05, 0.1) is 19.4 Å². The smallest absolute Gasteiger partial charge is 0.238 e. The van der Waals surface area contributed by atoms with Crippen molar-refractivity contribution in [3.8, 4) is 5.75 Å². The second kappa shape index (κ2) is 7.10. The molecule has 106 valence electrons. The second-order valence-corrected chi connectivity index (χ2v) is 6.34. The third kappa shape index (κ3) is 6.78. The Morgan fingerprint density at radius 2 is 1.89 bits per heavy atom. The lowest BCUT2D eigenvalue weighted by Crippen LogP contribution is -2.31. The third-order valence-corrected chi connectivity index (χ3v) is 3.25. The molecule has 0 aliphatic carbocycles. The lowest BCUT2D eigenvalue weighted by atomic mass is 10.3. The molecular formula is C12H18N2O4S. The van der Waals surface area contributed by atoms with Crippen molar-refractivity contribution in [2.24, 2.45) is 0 Å². The zero-order chi connectivity index (χ0) is 14.3. The zero-order valence-corrected chi connectivity index (χ0v) is 11.8. The van der Waals surface area contributed by atoms with E-state index in [0.29, 0.717) is 11.4 Å². The third-order valence-electron chi connectivity index (χ3n) is 2.31. The average Bonchev–Trinajstić information content (AvgIpc) is 2.34. The van der Waals surface area contributed by atoms with Gasteiger partial charge in [-0.3, -0.25) is 4.79 Å². The molecule has 0 aromatic heterocycles. The van der Waals surface area contributed by atoms with Crippen LogP contribution < -0.4 is 15.4 Å². The fraction of sp³-hybridized carbons (Fsp3) is 0.417. The molecule has 7 heteroatoms. The van der Waals surface area contributed by atoms with E-state index in [4.69, 9.17) is 4.74 Å². The number of nitrogens with one attached hydrogen (secondary N) is 2. The standard InChI is InChI=1S/C12H18N2O4S/c1-18-11-5-3-10(4-6-11)14-12(15)9-13-7-8-19(2,16)17/h3-6,13H,7-9H2,1-2H3,(H,14,15). The minimum atomic E-state index is -3.00. The highest BCUT2D eigenvalue weighted by molar-refractivity contribution is 7.90. The van der Waals surface area contributed by atoms with E-state index in [1.165, 1.54) is 0 Å². The number of carbonyl (C=O) groups excluding carboxylic acids is 1.